The van der Waals surface area contributed by atoms with E-state index in [1.807, 2.05) is 13.0 Å². The molecule has 66 valence electrons. The lowest BCUT2D eigenvalue weighted by Crippen LogP contribution is -1.93. The zero-order valence-electron chi connectivity index (χ0n) is 6.83. The van der Waals surface area contributed by atoms with Crippen molar-refractivity contribution in [1.29, 1.82) is 0 Å². The average molecular weight is 205 g/mol. The lowest BCUT2D eigenvalue weighted by molar-refractivity contribution is 0.445. The summed E-state index contributed by atoms with van der Waals surface area (Å²) in [5.74, 6) is 0. The highest BCUT2D eigenvalue weighted by atomic mass is 35.5. The molecule has 1 aromatic carbocycles. The standard InChI is InChI=1S/C8H9ClO2S/c1-6-3-4-7(5-8(6)9)12(10)11-2/h3-5H,1-2H3. The van der Waals surface area contributed by atoms with Gasteiger partial charge >= 0.3 is 0 Å². The van der Waals surface area contributed by atoms with Crippen molar-refractivity contribution in [3.05, 3.63) is 28.8 Å². The average Bonchev–Trinajstić information content (AvgIpc) is 2.08. The Kier molecular flexibility index (Phi) is 3.26. The van der Waals surface area contributed by atoms with Gasteiger partial charge in [0.15, 0.2) is 11.1 Å². The summed E-state index contributed by atoms with van der Waals surface area (Å²) in [5.41, 5.74) is 0.966. The van der Waals surface area contributed by atoms with Gasteiger partial charge in [-0.1, -0.05) is 17.7 Å². The lowest BCUT2D eigenvalue weighted by atomic mass is 10.2. The summed E-state index contributed by atoms with van der Waals surface area (Å²) in [6.07, 6.45) is 0. The van der Waals surface area contributed by atoms with Gasteiger partial charge in [-0.15, -0.1) is 0 Å². The summed E-state index contributed by atoms with van der Waals surface area (Å²) in [6.45, 7) is 1.89. The van der Waals surface area contributed by atoms with Gasteiger partial charge in [0.1, 0.15) is 0 Å². The highest BCUT2D eigenvalue weighted by Crippen LogP contribution is 2.18. The Morgan fingerprint density at radius 2 is 2.17 bits per heavy atom. The number of rotatable bonds is 2. The van der Waals surface area contributed by atoms with E-state index in [-0.39, 0.29) is 0 Å². The molecule has 0 heterocycles. The van der Waals surface area contributed by atoms with Crippen LogP contribution in [0.15, 0.2) is 23.1 Å². The Morgan fingerprint density at radius 3 is 2.67 bits per heavy atom. The van der Waals surface area contributed by atoms with Gasteiger partial charge in [0, 0.05) is 5.02 Å². The molecule has 2 nitrogen and oxygen atoms in total. The fourth-order valence-corrected chi connectivity index (χ4v) is 1.60. The molecule has 1 aromatic rings. The van der Waals surface area contributed by atoms with Crippen molar-refractivity contribution in [2.75, 3.05) is 7.11 Å². The Bertz CT molecular complexity index is 312. The zero-order chi connectivity index (χ0) is 9.14. The van der Waals surface area contributed by atoms with Gasteiger partial charge in [-0.25, -0.2) is 4.21 Å². The molecule has 0 aliphatic rings. The second kappa shape index (κ2) is 4.03. The summed E-state index contributed by atoms with van der Waals surface area (Å²) in [7, 11) is 1.39. The van der Waals surface area contributed by atoms with Gasteiger partial charge in [-0.2, -0.15) is 0 Å². The maximum Gasteiger partial charge on any atom is 0.188 e. The fraction of sp³-hybridized carbons (Fsp3) is 0.250. The van der Waals surface area contributed by atoms with E-state index < -0.39 is 11.1 Å². The molecule has 0 bridgehead atoms. The Labute approximate surface area is 79.2 Å². The second-order valence-electron chi connectivity index (χ2n) is 2.31. The normalized spacial score (nSPS) is 12.9. The lowest BCUT2D eigenvalue weighted by Gasteiger charge is -2.01. The molecule has 0 N–H and O–H groups in total. The summed E-state index contributed by atoms with van der Waals surface area (Å²) < 4.78 is 15.8. The first-order valence-corrected chi connectivity index (χ1v) is 4.83. The molecule has 0 radical (unpaired) electrons. The summed E-state index contributed by atoms with van der Waals surface area (Å²) in [4.78, 5) is 0.591. The largest absolute Gasteiger partial charge is 0.290 e. The van der Waals surface area contributed by atoms with Gasteiger partial charge < -0.3 is 0 Å². The van der Waals surface area contributed by atoms with Crippen LogP contribution in [0.5, 0.6) is 0 Å². The van der Waals surface area contributed by atoms with Gasteiger partial charge in [0.2, 0.25) is 0 Å². The van der Waals surface area contributed by atoms with E-state index in [1.165, 1.54) is 7.11 Å². The van der Waals surface area contributed by atoms with Crippen molar-refractivity contribution >= 4 is 22.7 Å². The van der Waals surface area contributed by atoms with E-state index in [1.54, 1.807) is 12.1 Å². The van der Waals surface area contributed by atoms with Crippen LogP contribution in [0.1, 0.15) is 5.56 Å². The summed E-state index contributed by atoms with van der Waals surface area (Å²) >= 11 is 4.43. The molecule has 0 saturated heterocycles. The van der Waals surface area contributed by atoms with Crippen LogP contribution in [0.25, 0.3) is 0 Å². The van der Waals surface area contributed by atoms with Crippen molar-refractivity contribution in [1.82, 2.24) is 0 Å². The third-order valence-electron chi connectivity index (χ3n) is 1.49. The Hall–Kier alpha value is -0.380. The predicted octanol–water partition coefficient (Wildman–Crippen LogP) is 2.32. The van der Waals surface area contributed by atoms with Crippen LogP contribution in [0, 0.1) is 6.92 Å². The smallest absolute Gasteiger partial charge is 0.188 e. The number of benzene rings is 1. The predicted molar refractivity (Wildman–Crippen MR) is 49.6 cm³/mol. The molecule has 0 amide bonds. The number of hydrogen-bond donors (Lipinski definition) is 0. The molecule has 0 saturated carbocycles. The minimum atomic E-state index is -1.39. The van der Waals surface area contributed by atoms with E-state index in [4.69, 9.17) is 11.6 Å². The van der Waals surface area contributed by atoms with Crippen molar-refractivity contribution in [3.8, 4) is 0 Å². The summed E-state index contributed by atoms with van der Waals surface area (Å²) in [6, 6.07) is 5.20. The van der Waals surface area contributed by atoms with E-state index in [9.17, 15) is 4.21 Å². The molecule has 0 aliphatic heterocycles. The molecule has 1 rings (SSSR count). The van der Waals surface area contributed by atoms with Crippen LogP contribution in [-0.2, 0) is 15.3 Å². The molecule has 12 heavy (non-hydrogen) atoms. The van der Waals surface area contributed by atoms with Crippen LogP contribution in [-0.4, -0.2) is 11.3 Å². The van der Waals surface area contributed by atoms with Crippen LogP contribution >= 0.6 is 11.6 Å². The van der Waals surface area contributed by atoms with Gasteiger partial charge in [0.05, 0.1) is 12.0 Å². The first-order chi connectivity index (χ1) is 5.65. The van der Waals surface area contributed by atoms with Crippen molar-refractivity contribution in [2.45, 2.75) is 11.8 Å². The first kappa shape index (κ1) is 9.71. The second-order valence-corrected chi connectivity index (χ2v) is 3.99. The van der Waals surface area contributed by atoms with E-state index in [2.05, 4.69) is 4.18 Å². The van der Waals surface area contributed by atoms with Crippen molar-refractivity contribution in [2.24, 2.45) is 0 Å². The fourth-order valence-electron chi connectivity index (χ4n) is 0.773. The maximum absolute atomic E-state index is 11.1. The highest BCUT2D eigenvalue weighted by Gasteiger charge is 2.03. The van der Waals surface area contributed by atoms with E-state index in [0.717, 1.165) is 5.56 Å². The molecule has 1 unspecified atom stereocenters. The molecule has 0 aromatic heterocycles. The highest BCUT2D eigenvalue weighted by molar-refractivity contribution is 7.80. The molecule has 0 aliphatic carbocycles. The number of aryl methyl sites for hydroxylation is 1. The monoisotopic (exact) mass is 204 g/mol. The first-order valence-electron chi connectivity index (χ1n) is 3.37. The summed E-state index contributed by atoms with van der Waals surface area (Å²) in [5, 5.41) is 0.609. The molecular formula is C8H9ClO2S. The van der Waals surface area contributed by atoms with Crippen LogP contribution in [0.4, 0.5) is 0 Å². The minimum absolute atomic E-state index is 0.591. The number of hydrogen-bond acceptors (Lipinski definition) is 2. The quantitative estimate of drug-likeness (QED) is 0.739. The van der Waals surface area contributed by atoms with Crippen molar-refractivity contribution in [3.63, 3.8) is 0 Å². The third-order valence-corrected chi connectivity index (χ3v) is 2.84. The van der Waals surface area contributed by atoms with Crippen LogP contribution in [0.3, 0.4) is 0 Å². The molecular weight excluding hydrogens is 196 g/mol. The van der Waals surface area contributed by atoms with Crippen LogP contribution in [0.2, 0.25) is 5.02 Å². The minimum Gasteiger partial charge on any atom is -0.290 e. The van der Waals surface area contributed by atoms with Gasteiger partial charge in [-0.3, -0.25) is 4.18 Å². The molecule has 0 fully saturated rings. The van der Waals surface area contributed by atoms with Gasteiger partial charge in [-0.05, 0) is 24.6 Å². The molecule has 1 atom stereocenters. The van der Waals surface area contributed by atoms with E-state index >= 15 is 0 Å². The van der Waals surface area contributed by atoms with E-state index in [0.29, 0.717) is 9.92 Å². The SMILES string of the molecule is COS(=O)c1ccc(C)c(Cl)c1. The Morgan fingerprint density at radius 1 is 1.50 bits per heavy atom. The maximum atomic E-state index is 11.1. The molecule has 0 spiro atoms. The van der Waals surface area contributed by atoms with Crippen LogP contribution < -0.4 is 0 Å². The number of halogens is 1. The third kappa shape index (κ3) is 2.06. The topological polar surface area (TPSA) is 26.3 Å². The van der Waals surface area contributed by atoms with Gasteiger partial charge in [0.25, 0.3) is 0 Å². The Balaban J connectivity index is 3.05. The molecule has 4 heteroatoms. The zero-order valence-corrected chi connectivity index (χ0v) is 8.41. The van der Waals surface area contributed by atoms with Crippen molar-refractivity contribution < 1.29 is 8.39 Å².